The van der Waals surface area contributed by atoms with E-state index >= 15 is 0 Å². The highest BCUT2D eigenvalue weighted by atomic mass is 19.4. The topological polar surface area (TPSA) is 80.2 Å². The minimum atomic E-state index is -4.57. The minimum Gasteiger partial charge on any atom is -0.490 e. The number of carbonyl (C=O) groups is 1. The maximum Gasteiger partial charge on any atom is 0.416 e. The number of benzene rings is 1. The SMILES string of the molecule is Cn1nc(C(C)(C)C)cc1NC(=O)Nc1cc(OC2CCNCC2)cc(C(F)(F)F)c1. The molecule has 170 valence electrons. The normalized spacial score (nSPS) is 15.6. The smallest absolute Gasteiger partial charge is 0.416 e. The summed E-state index contributed by atoms with van der Waals surface area (Å²) in [6.45, 7) is 7.47. The van der Waals surface area contributed by atoms with Crippen molar-refractivity contribution in [2.24, 2.45) is 7.05 Å². The van der Waals surface area contributed by atoms with Crippen molar-refractivity contribution < 1.29 is 22.7 Å². The molecule has 0 aliphatic carbocycles. The first-order valence-electron chi connectivity index (χ1n) is 10.1. The Morgan fingerprint density at radius 1 is 1.13 bits per heavy atom. The van der Waals surface area contributed by atoms with Crippen LogP contribution in [0.5, 0.6) is 5.75 Å². The highest BCUT2D eigenvalue weighted by molar-refractivity contribution is 5.99. The largest absolute Gasteiger partial charge is 0.490 e. The molecule has 1 aliphatic rings. The van der Waals surface area contributed by atoms with Crippen LogP contribution in [-0.4, -0.2) is 35.0 Å². The number of carbonyl (C=O) groups excluding carboxylic acids is 1. The number of halogens is 3. The summed E-state index contributed by atoms with van der Waals surface area (Å²) in [5, 5.41) is 12.7. The summed E-state index contributed by atoms with van der Waals surface area (Å²) >= 11 is 0. The number of alkyl halides is 3. The van der Waals surface area contributed by atoms with Gasteiger partial charge in [-0.2, -0.15) is 18.3 Å². The van der Waals surface area contributed by atoms with E-state index in [1.807, 2.05) is 20.8 Å². The summed E-state index contributed by atoms with van der Waals surface area (Å²) < 4.78 is 47.4. The lowest BCUT2D eigenvalue weighted by Gasteiger charge is -2.24. The van der Waals surface area contributed by atoms with Crippen molar-refractivity contribution in [2.45, 2.75) is 51.3 Å². The molecule has 0 bridgehead atoms. The van der Waals surface area contributed by atoms with Gasteiger partial charge in [-0.3, -0.25) is 10.00 Å². The molecule has 10 heteroatoms. The fourth-order valence-corrected chi connectivity index (χ4v) is 3.24. The van der Waals surface area contributed by atoms with Crippen LogP contribution in [0.1, 0.15) is 44.9 Å². The lowest BCUT2D eigenvalue weighted by Crippen LogP contribution is -2.34. The number of ether oxygens (including phenoxy) is 1. The molecule has 0 saturated carbocycles. The third kappa shape index (κ3) is 6.13. The molecular formula is C21H28F3N5O2. The molecule has 0 unspecified atom stereocenters. The molecule has 3 rings (SSSR count). The molecule has 1 aromatic carbocycles. The fraction of sp³-hybridized carbons (Fsp3) is 0.524. The first kappa shape index (κ1) is 22.9. The standard InChI is InChI=1S/C21H28F3N5O2/c1-20(2,3)17-12-18(29(4)28-17)27-19(30)26-14-9-13(21(22,23)24)10-16(11-14)31-15-5-7-25-8-6-15/h9-12,15,25H,5-8H2,1-4H3,(H2,26,27,30). The molecule has 2 aromatic rings. The van der Waals surface area contributed by atoms with E-state index < -0.39 is 17.8 Å². The van der Waals surface area contributed by atoms with Gasteiger partial charge in [0.05, 0.1) is 11.3 Å². The quantitative estimate of drug-likeness (QED) is 0.655. The number of amides is 2. The van der Waals surface area contributed by atoms with Gasteiger partial charge in [0, 0.05) is 30.3 Å². The fourth-order valence-electron chi connectivity index (χ4n) is 3.24. The highest BCUT2D eigenvalue weighted by Gasteiger charge is 2.32. The molecule has 0 spiro atoms. The van der Waals surface area contributed by atoms with Crippen LogP contribution in [0.2, 0.25) is 0 Å². The van der Waals surface area contributed by atoms with Crippen LogP contribution in [0, 0.1) is 0 Å². The van der Waals surface area contributed by atoms with E-state index in [-0.39, 0.29) is 23.0 Å². The van der Waals surface area contributed by atoms with Gasteiger partial charge in [0.15, 0.2) is 0 Å². The Balaban J connectivity index is 1.77. The average Bonchev–Trinajstić information content (AvgIpc) is 3.02. The van der Waals surface area contributed by atoms with Gasteiger partial charge in [0.25, 0.3) is 0 Å². The van der Waals surface area contributed by atoms with Gasteiger partial charge in [-0.25, -0.2) is 4.79 Å². The number of piperidine rings is 1. The van der Waals surface area contributed by atoms with Crippen molar-refractivity contribution in [3.05, 3.63) is 35.5 Å². The molecule has 7 nitrogen and oxygen atoms in total. The van der Waals surface area contributed by atoms with Gasteiger partial charge in [-0.15, -0.1) is 0 Å². The Bertz CT molecular complexity index is 928. The zero-order valence-electron chi connectivity index (χ0n) is 18.1. The van der Waals surface area contributed by atoms with Gasteiger partial charge < -0.3 is 15.4 Å². The molecule has 0 radical (unpaired) electrons. The van der Waals surface area contributed by atoms with Crippen molar-refractivity contribution >= 4 is 17.5 Å². The van der Waals surface area contributed by atoms with E-state index in [1.165, 1.54) is 10.7 Å². The zero-order chi connectivity index (χ0) is 22.8. The molecular weight excluding hydrogens is 411 g/mol. The van der Waals surface area contributed by atoms with E-state index in [2.05, 4.69) is 21.0 Å². The van der Waals surface area contributed by atoms with Gasteiger partial charge in [0.2, 0.25) is 0 Å². The van der Waals surface area contributed by atoms with Gasteiger partial charge in [0.1, 0.15) is 17.7 Å². The average molecular weight is 439 g/mol. The second kappa shape index (κ2) is 8.78. The van der Waals surface area contributed by atoms with Crippen molar-refractivity contribution in [1.29, 1.82) is 0 Å². The van der Waals surface area contributed by atoms with Crippen molar-refractivity contribution in [3.63, 3.8) is 0 Å². The molecule has 1 aromatic heterocycles. The lowest BCUT2D eigenvalue weighted by atomic mass is 9.92. The summed E-state index contributed by atoms with van der Waals surface area (Å²) in [6, 6.07) is 4.31. The summed E-state index contributed by atoms with van der Waals surface area (Å²) in [6.07, 6.45) is -3.33. The molecule has 31 heavy (non-hydrogen) atoms. The first-order chi connectivity index (χ1) is 14.4. The molecule has 1 fully saturated rings. The second-order valence-electron chi connectivity index (χ2n) is 8.68. The molecule has 1 saturated heterocycles. The maximum atomic E-state index is 13.4. The van der Waals surface area contributed by atoms with Crippen LogP contribution >= 0.6 is 0 Å². The minimum absolute atomic E-state index is 0.00512. The second-order valence-corrected chi connectivity index (χ2v) is 8.68. The van der Waals surface area contributed by atoms with Crippen LogP contribution in [0.15, 0.2) is 24.3 Å². The number of nitrogens with one attached hydrogen (secondary N) is 3. The third-order valence-electron chi connectivity index (χ3n) is 4.97. The predicted octanol–water partition coefficient (Wildman–Crippen LogP) is 4.51. The van der Waals surface area contributed by atoms with Crippen molar-refractivity contribution in [2.75, 3.05) is 23.7 Å². The van der Waals surface area contributed by atoms with E-state index in [9.17, 15) is 18.0 Å². The summed E-state index contributed by atoms with van der Waals surface area (Å²) in [5.74, 6) is 0.508. The molecule has 2 amide bonds. The number of hydrogen-bond donors (Lipinski definition) is 3. The number of aromatic nitrogens is 2. The van der Waals surface area contributed by atoms with Crippen molar-refractivity contribution in [3.8, 4) is 5.75 Å². The molecule has 1 aliphatic heterocycles. The highest BCUT2D eigenvalue weighted by Crippen LogP contribution is 2.35. The first-order valence-corrected chi connectivity index (χ1v) is 10.1. The number of aryl methyl sites for hydroxylation is 1. The van der Waals surface area contributed by atoms with Gasteiger partial charge >= 0.3 is 12.2 Å². The van der Waals surface area contributed by atoms with E-state index in [4.69, 9.17) is 4.74 Å². The Kier molecular flexibility index (Phi) is 6.49. The monoisotopic (exact) mass is 439 g/mol. The van der Waals surface area contributed by atoms with Gasteiger partial charge in [-0.1, -0.05) is 20.8 Å². The molecule has 3 N–H and O–H groups in total. The number of hydrogen-bond acceptors (Lipinski definition) is 4. The van der Waals surface area contributed by atoms with E-state index in [0.717, 1.165) is 30.9 Å². The third-order valence-corrected chi connectivity index (χ3v) is 4.97. The Morgan fingerprint density at radius 3 is 2.39 bits per heavy atom. The van der Waals surface area contributed by atoms with Gasteiger partial charge in [-0.05, 0) is 38.1 Å². The summed E-state index contributed by atoms with van der Waals surface area (Å²) in [5.41, 5.74) is -0.322. The Morgan fingerprint density at radius 2 is 1.81 bits per heavy atom. The number of nitrogens with zero attached hydrogens (tertiary/aromatic N) is 2. The summed E-state index contributed by atoms with van der Waals surface area (Å²) in [4.78, 5) is 12.5. The van der Waals surface area contributed by atoms with E-state index in [0.29, 0.717) is 18.7 Å². The van der Waals surface area contributed by atoms with Crippen molar-refractivity contribution in [1.82, 2.24) is 15.1 Å². The predicted molar refractivity (Wildman–Crippen MR) is 113 cm³/mol. The van der Waals surface area contributed by atoms with E-state index in [1.54, 1.807) is 13.1 Å². The molecule has 2 heterocycles. The maximum absolute atomic E-state index is 13.4. The van der Waals surface area contributed by atoms with Crippen LogP contribution in [-0.2, 0) is 18.6 Å². The number of anilines is 2. The Labute approximate surface area is 179 Å². The van der Waals surface area contributed by atoms with Crippen LogP contribution in [0.4, 0.5) is 29.5 Å². The van der Waals surface area contributed by atoms with Crippen LogP contribution in [0.25, 0.3) is 0 Å². The zero-order valence-corrected chi connectivity index (χ0v) is 18.1. The van der Waals surface area contributed by atoms with Crippen LogP contribution < -0.4 is 20.7 Å². The number of urea groups is 1. The Hall–Kier alpha value is -2.75. The summed E-state index contributed by atoms with van der Waals surface area (Å²) in [7, 11) is 1.68. The lowest BCUT2D eigenvalue weighted by molar-refractivity contribution is -0.137. The number of rotatable bonds is 4. The van der Waals surface area contributed by atoms with Crippen LogP contribution in [0.3, 0.4) is 0 Å². The molecule has 0 atom stereocenters.